The zero-order valence-electron chi connectivity index (χ0n) is 18.3. The van der Waals surface area contributed by atoms with Crippen molar-refractivity contribution >= 4 is 27.5 Å². The van der Waals surface area contributed by atoms with Crippen LogP contribution in [0, 0.1) is 0 Å². The molecule has 3 rings (SSSR count). The first kappa shape index (κ1) is 23.7. The average molecular weight is 460 g/mol. The molecule has 1 saturated heterocycles. The van der Waals surface area contributed by atoms with E-state index in [4.69, 9.17) is 4.74 Å². The molecule has 0 atom stereocenters. The van der Waals surface area contributed by atoms with Crippen molar-refractivity contribution in [2.24, 2.45) is 0 Å². The van der Waals surface area contributed by atoms with E-state index in [1.165, 1.54) is 23.4 Å². The lowest BCUT2D eigenvalue weighted by Gasteiger charge is -2.31. The van der Waals surface area contributed by atoms with Crippen molar-refractivity contribution in [1.29, 1.82) is 0 Å². The molecule has 2 amide bonds. The molecule has 8 nitrogen and oxygen atoms in total. The van der Waals surface area contributed by atoms with Crippen LogP contribution < -0.4 is 15.4 Å². The Morgan fingerprint density at radius 1 is 1.09 bits per heavy atom. The minimum Gasteiger partial charge on any atom is -0.484 e. The third kappa shape index (κ3) is 6.30. The predicted molar refractivity (Wildman–Crippen MR) is 122 cm³/mol. The summed E-state index contributed by atoms with van der Waals surface area (Å²) in [5.41, 5.74) is 1.68. The first-order chi connectivity index (χ1) is 15.3. The van der Waals surface area contributed by atoms with E-state index < -0.39 is 10.0 Å². The summed E-state index contributed by atoms with van der Waals surface area (Å²) < 4.78 is 32.8. The molecule has 0 bridgehead atoms. The highest BCUT2D eigenvalue weighted by Crippen LogP contribution is 2.22. The monoisotopic (exact) mass is 459 g/mol. The summed E-state index contributed by atoms with van der Waals surface area (Å²) in [4.78, 5) is 23.5. The third-order valence-electron chi connectivity index (χ3n) is 5.31. The summed E-state index contributed by atoms with van der Waals surface area (Å²) in [5, 5.41) is 5.55. The number of amides is 2. The number of ether oxygens (including phenoxy) is 1. The second kappa shape index (κ2) is 10.6. The number of carbonyl (C=O) groups excluding carboxylic acids is 2. The van der Waals surface area contributed by atoms with Gasteiger partial charge in [0.2, 0.25) is 15.9 Å². The summed E-state index contributed by atoms with van der Waals surface area (Å²) in [7, 11) is -3.63. The quantitative estimate of drug-likeness (QED) is 0.631. The van der Waals surface area contributed by atoms with Crippen LogP contribution in [0.1, 0.15) is 32.3 Å². The van der Waals surface area contributed by atoms with Gasteiger partial charge < -0.3 is 15.4 Å². The summed E-state index contributed by atoms with van der Waals surface area (Å²) in [6, 6.07) is 13.6. The number of nitrogens with zero attached hydrogens (tertiary/aromatic N) is 1. The first-order valence-corrected chi connectivity index (χ1v) is 12.1. The van der Waals surface area contributed by atoms with Crippen LogP contribution >= 0.6 is 0 Å². The Morgan fingerprint density at radius 2 is 1.78 bits per heavy atom. The molecule has 2 N–H and O–H groups in total. The largest absolute Gasteiger partial charge is 0.484 e. The molecule has 1 aliphatic rings. The Balaban J connectivity index is 1.48. The molecule has 1 aliphatic heterocycles. The highest BCUT2D eigenvalue weighted by Gasteiger charge is 2.30. The van der Waals surface area contributed by atoms with Crippen molar-refractivity contribution in [3.63, 3.8) is 0 Å². The van der Waals surface area contributed by atoms with Crippen LogP contribution in [0.2, 0.25) is 0 Å². The van der Waals surface area contributed by atoms with Gasteiger partial charge in [0, 0.05) is 31.7 Å². The van der Waals surface area contributed by atoms with Gasteiger partial charge >= 0.3 is 0 Å². The maximum atomic E-state index is 12.9. The molecule has 0 spiro atoms. The SMILES string of the molecule is CCc1cccc(OCC(=O)NC2CCN(S(=O)(=O)c3ccc(NC(C)=O)cc3)CC2)c1. The molecule has 1 fully saturated rings. The van der Waals surface area contributed by atoms with Gasteiger partial charge in [0.25, 0.3) is 5.91 Å². The highest BCUT2D eigenvalue weighted by atomic mass is 32.2. The molecular weight excluding hydrogens is 430 g/mol. The normalized spacial score (nSPS) is 15.2. The van der Waals surface area contributed by atoms with E-state index in [2.05, 4.69) is 17.6 Å². The van der Waals surface area contributed by atoms with Gasteiger partial charge in [-0.15, -0.1) is 0 Å². The van der Waals surface area contributed by atoms with E-state index in [0.29, 0.717) is 37.4 Å². The van der Waals surface area contributed by atoms with Crippen molar-refractivity contribution in [3.8, 4) is 5.75 Å². The Hall–Kier alpha value is -2.91. The number of piperidine rings is 1. The second-order valence-electron chi connectivity index (χ2n) is 7.74. The van der Waals surface area contributed by atoms with E-state index in [1.807, 2.05) is 24.3 Å². The van der Waals surface area contributed by atoms with E-state index >= 15 is 0 Å². The van der Waals surface area contributed by atoms with Gasteiger partial charge in [-0.2, -0.15) is 4.31 Å². The maximum Gasteiger partial charge on any atom is 0.258 e. The minimum absolute atomic E-state index is 0.0771. The maximum absolute atomic E-state index is 12.9. The number of rotatable bonds is 8. The first-order valence-electron chi connectivity index (χ1n) is 10.7. The summed E-state index contributed by atoms with van der Waals surface area (Å²) in [6.45, 7) is 4.01. The second-order valence-corrected chi connectivity index (χ2v) is 9.68. The topological polar surface area (TPSA) is 105 Å². The van der Waals surface area contributed by atoms with Crippen LogP contribution in [0.5, 0.6) is 5.75 Å². The van der Waals surface area contributed by atoms with Gasteiger partial charge in [-0.25, -0.2) is 8.42 Å². The molecule has 2 aromatic carbocycles. The molecule has 0 unspecified atom stereocenters. The number of carbonyl (C=O) groups is 2. The summed E-state index contributed by atoms with van der Waals surface area (Å²) >= 11 is 0. The molecule has 0 aromatic heterocycles. The molecule has 2 aromatic rings. The zero-order chi connectivity index (χ0) is 23.1. The number of hydrogen-bond donors (Lipinski definition) is 2. The molecule has 0 saturated carbocycles. The van der Waals surface area contributed by atoms with E-state index in [1.54, 1.807) is 12.1 Å². The number of anilines is 1. The molecule has 172 valence electrons. The lowest BCUT2D eigenvalue weighted by Crippen LogP contribution is -2.47. The van der Waals surface area contributed by atoms with E-state index in [-0.39, 0.29) is 29.4 Å². The van der Waals surface area contributed by atoms with Gasteiger partial charge in [0.05, 0.1) is 4.90 Å². The fourth-order valence-electron chi connectivity index (χ4n) is 3.58. The van der Waals surface area contributed by atoms with Crippen molar-refractivity contribution in [2.45, 2.75) is 44.0 Å². The predicted octanol–water partition coefficient (Wildman–Crippen LogP) is 2.56. The molecular formula is C23H29N3O5S. The lowest BCUT2D eigenvalue weighted by molar-refractivity contribution is -0.124. The van der Waals surface area contributed by atoms with Gasteiger partial charge in [-0.1, -0.05) is 19.1 Å². The Bertz CT molecular complexity index is 1050. The Labute approximate surface area is 189 Å². The highest BCUT2D eigenvalue weighted by molar-refractivity contribution is 7.89. The Morgan fingerprint density at radius 3 is 2.41 bits per heavy atom. The van der Waals surface area contributed by atoms with Gasteiger partial charge in [-0.3, -0.25) is 9.59 Å². The molecule has 9 heteroatoms. The van der Waals surface area contributed by atoms with Crippen molar-refractivity contribution in [1.82, 2.24) is 9.62 Å². The van der Waals surface area contributed by atoms with Crippen LogP contribution in [-0.2, 0) is 26.0 Å². The van der Waals surface area contributed by atoms with Gasteiger partial charge in [-0.05, 0) is 61.2 Å². The van der Waals surface area contributed by atoms with E-state index in [0.717, 1.165) is 12.0 Å². The number of nitrogens with one attached hydrogen (secondary N) is 2. The zero-order valence-corrected chi connectivity index (χ0v) is 19.2. The van der Waals surface area contributed by atoms with Crippen LogP contribution in [0.4, 0.5) is 5.69 Å². The number of benzene rings is 2. The van der Waals surface area contributed by atoms with Crippen molar-refractivity contribution in [3.05, 3.63) is 54.1 Å². The minimum atomic E-state index is -3.63. The lowest BCUT2D eigenvalue weighted by atomic mass is 10.1. The molecule has 0 aliphatic carbocycles. The van der Waals surface area contributed by atoms with Crippen LogP contribution in [0.25, 0.3) is 0 Å². The van der Waals surface area contributed by atoms with Crippen molar-refractivity contribution in [2.75, 3.05) is 25.0 Å². The number of sulfonamides is 1. The van der Waals surface area contributed by atoms with Gasteiger partial charge in [0.15, 0.2) is 6.61 Å². The Kier molecular flexibility index (Phi) is 7.87. The summed E-state index contributed by atoms with van der Waals surface area (Å²) in [5.74, 6) is 0.219. The summed E-state index contributed by atoms with van der Waals surface area (Å²) in [6.07, 6.45) is 1.95. The van der Waals surface area contributed by atoms with Crippen molar-refractivity contribution < 1.29 is 22.7 Å². The fraction of sp³-hybridized carbons (Fsp3) is 0.391. The van der Waals surface area contributed by atoms with Gasteiger partial charge in [0.1, 0.15) is 5.75 Å². The van der Waals surface area contributed by atoms with Crippen LogP contribution in [0.3, 0.4) is 0 Å². The molecule has 1 heterocycles. The number of aryl methyl sites for hydroxylation is 1. The number of hydrogen-bond acceptors (Lipinski definition) is 5. The molecule has 0 radical (unpaired) electrons. The van der Waals surface area contributed by atoms with Crippen LogP contribution in [-0.4, -0.2) is 50.3 Å². The molecule has 32 heavy (non-hydrogen) atoms. The average Bonchev–Trinajstić information content (AvgIpc) is 2.78. The third-order valence-corrected chi connectivity index (χ3v) is 7.22. The smallest absolute Gasteiger partial charge is 0.258 e. The van der Waals surface area contributed by atoms with E-state index in [9.17, 15) is 18.0 Å². The fourth-order valence-corrected chi connectivity index (χ4v) is 5.05. The van der Waals surface area contributed by atoms with Crippen LogP contribution in [0.15, 0.2) is 53.4 Å². The standard InChI is InChI=1S/C23H29N3O5S/c1-3-18-5-4-6-21(15-18)31-16-23(28)25-20-11-13-26(14-12-20)32(29,30)22-9-7-19(8-10-22)24-17(2)27/h4-10,15,20H,3,11-14,16H2,1-2H3,(H,24,27)(H,25,28).